The fourth-order valence-electron chi connectivity index (χ4n) is 3.53. The van der Waals surface area contributed by atoms with Gasteiger partial charge in [0.2, 0.25) is 0 Å². The highest BCUT2D eigenvalue weighted by molar-refractivity contribution is 5.94. The molecular weight excluding hydrogens is 268 g/mol. The van der Waals surface area contributed by atoms with E-state index in [2.05, 4.69) is 57.2 Å². The third-order valence-electron chi connectivity index (χ3n) is 4.48. The maximum Gasteiger partial charge on any atom is 0.126 e. The molecule has 2 heteroatoms. The normalized spacial score (nSPS) is 13.3. The number of aryl methyl sites for hydroxylation is 1. The fourth-order valence-corrected chi connectivity index (χ4v) is 3.53. The maximum absolute atomic E-state index is 4.77. The van der Waals surface area contributed by atoms with Gasteiger partial charge in [0.05, 0.1) is 11.4 Å². The van der Waals surface area contributed by atoms with E-state index in [-0.39, 0.29) is 5.41 Å². The number of rotatable bonds is 0. The highest BCUT2D eigenvalue weighted by atomic mass is 14.9. The second-order valence-electron chi connectivity index (χ2n) is 7.19. The molecule has 2 nitrogen and oxygen atoms in total. The number of benzene rings is 2. The van der Waals surface area contributed by atoms with E-state index in [9.17, 15) is 0 Å². The second-order valence-corrected chi connectivity index (χ2v) is 7.19. The summed E-state index contributed by atoms with van der Waals surface area (Å²) in [5.41, 5.74) is 6.36. The molecule has 4 rings (SSSR count). The molecule has 0 aliphatic heterocycles. The monoisotopic (exact) mass is 288 g/mol. The highest BCUT2D eigenvalue weighted by Gasteiger charge is 2.30. The Hall–Kier alpha value is -2.22. The summed E-state index contributed by atoms with van der Waals surface area (Å²) in [7, 11) is 0. The minimum atomic E-state index is 0.0373. The lowest BCUT2D eigenvalue weighted by molar-refractivity contribution is 0.558. The van der Waals surface area contributed by atoms with Crippen LogP contribution in [0.3, 0.4) is 0 Å². The summed E-state index contributed by atoms with van der Waals surface area (Å²) in [6, 6.07) is 13.0. The molecule has 0 bridgehead atoms. The van der Waals surface area contributed by atoms with Gasteiger partial charge in [0, 0.05) is 23.0 Å². The van der Waals surface area contributed by atoms with Gasteiger partial charge in [-0.05, 0) is 23.3 Å². The van der Waals surface area contributed by atoms with Crippen molar-refractivity contribution in [1.29, 1.82) is 0 Å². The first-order valence-corrected chi connectivity index (χ1v) is 7.84. The van der Waals surface area contributed by atoms with E-state index in [0.29, 0.717) is 0 Å². The first kappa shape index (κ1) is 13.4. The van der Waals surface area contributed by atoms with Gasteiger partial charge in [-0.25, -0.2) is 9.97 Å². The first-order chi connectivity index (χ1) is 10.4. The quantitative estimate of drug-likeness (QED) is 0.464. The van der Waals surface area contributed by atoms with Crippen LogP contribution in [0, 0.1) is 6.92 Å². The molecule has 0 radical (unpaired) electrons. The van der Waals surface area contributed by atoms with Gasteiger partial charge in [0.25, 0.3) is 0 Å². The van der Waals surface area contributed by atoms with E-state index in [4.69, 9.17) is 9.97 Å². The molecule has 0 spiro atoms. The molecule has 1 aliphatic rings. The summed E-state index contributed by atoms with van der Waals surface area (Å²) < 4.78 is 0. The molecule has 1 aromatic heterocycles. The van der Waals surface area contributed by atoms with Gasteiger partial charge >= 0.3 is 0 Å². The van der Waals surface area contributed by atoms with Crippen LogP contribution < -0.4 is 0 Å². The summed E-state index contributed by atoms with van der Waals surface area (Å²) in [5, 5.41) is 2.64. The molecule has 0 atom stereocenters. The van der Waals surface area contributed by atoms with Crippen LogP contribution in [-0.2, 0) is 11.8 Å². The van der Waals surface area contributed by atoms with Crippen LogP contribution in [0.2, 0.25) is 0 Å². The largest absolute Gasteiger partial charge is 0.237 e. The number of nitrogens with zero attached hydrogens (tertiary/aromatic N) is 2. The molecule has 0 N–H and O–H groups in total. The zero-order chi connectivity index (χ0) is 15.5. The van der Waals surface area contributed by atoms with Crippen LogP contribution in [0.1, 0.15) is 43.4 Å². The van der Waals surface area contributed by atoms with Crippen molar-refractivity contribution in [3.05, 3.63) is 59.0 Å². The van der Waals surface area contributed by atoms with Crippen molar-refractivity contribution in [3.63, 3.8) is 0 Å². The van der Waals surface area contributed by atoms with Crippen molar-refractivity contribution in [2.24, 2.45) is 0 Å². The molecule has 0 saturated carbocycles. The summed E-state index contributed by atoms with van der Waals surface area (Å²) in [4.78, 5) is 9.53. The molecular formula is C20H20N2. The van der Waals surface area contributed by atoms with E-state index in [0.717, 1.165) is 17.9 Å². The van der Waals surface area contributed by atoms with E-state index in [1.807, 2.05) is 6.92 Å². The third-order valence-corrected chi connectivity index (χ3v) is 4.48. The van der Waals surface area contributed by atoms with Crippen molar-refractivity contribution < 1.29 is 0 Å². The highest BCUT2D eigenvalue weighted by Crippen LogP contribution is 2.42. The van der Waals surface area contributed by atoms with Crippen molar-refractivity contribution >= 4 is 10.8 Å². The Morgan fingerprint density at radius 1 is 0.909 bits per heavy atom. The number of aromatic nitrogens is 2. The number of fused-ring (bicyclic) bond motifs is 5. The molecule has 22 heavy (non-hydrogen) atoms. The van der Waals surface area contributed by atoms with Crippen molar-refractivity contribution in [2.45, 2.75) is 39.5 Å². The van der Waals surface area contributed by atoms with Crippen molar-refractivity contribution in [1.82, 2.24) is 9.97 Å². The van der Waals surface area contributed by atoms with Crippen LogP contribution in [0.5, 0.6) is 0 Å². The zero-order valence-corrected chi connectivity index (χ0v) is 13.6. The average molecular weight is 288 g/mol. The molecule has 0 amide bonds. The van der Waals surface area contributed by atoms with Gasteiger partial charge in [0.15, 0.2) is 0 Å². The predicted octanol–water partition coefficient (Wildman–Crippen LogP) is 4.81. The standard InChI is InChI=1S/C20H20N2/c1-12-21-18-15-10-9-13-7-5-6-8-14(13)16(15)11-17(18)19(22-12)20(2,3)4/h5-10H,11H2,1-4H3. The Morgan fingerprint density at radius 3 is 2.45 bits per heavy atom. The van der Waals surface area contributed by atoms with Crippen LogP contribution in [-0.4, -0.2) is 9.97 Å². The molecule has 3 aromatic rings. The summed E-state index contributed by atoms with van der Waals surface area (Å²) in [5.74, 6) is 0.865. The number of hydrogen-bond donors (Lipinski definition) is 0. The van der Waals surface area contributed by atoms with E-state index < -0.39 is 0 Å². The van der Waals surface area contributed by atoms with E-state index in [1.165, 1.54) is 33.2 Å². The fraction of sp³-hybridized carbons (Fsp3) is 0.300. The molecule has 0 unspecified atom stereocenters. The molecule has 0 fully saturated rings. The van der Waals surface area contributed by atoms with Crippen LogP contribution >= 0.6 is 0 Å². The Bertz CT molecular complexity index is 901. The second kappa shape index (κ2) is 4.39. The molecule has 2 aromatic carbocycles. The first-order valence-electron chi connectivity index (χ1n) is 7.84. The molecule has 0 saturated heterocycles. The third kappa shape index (κ3) is 1.87. The Kier molecular flexibility index (Phi) is 2.68. The van der Waals surface area contributed by atoms with Crippen LogP contribution in [0.4, 0.5) is 0 Å². The minimum absolute atomic E-state index is 0.0373. The summed E-state index contributed by atoms with van der Waals surface area (Å²) in [6.07, 6.45) is 0.943. The lowest BCUT2D eigenvalue weighted by Gasteiger charge is -2.21. The summed E-state index contributed by atoms with van der Waals surface area (Å²) >= 11 is 0. The van der Waals surface area contributed by atoms with Gasteiger partial charge in [-0.2, -0.15) is 0 Å². The lowest BCUT2D eigenvalue weighted by Crippen LogP contribution is -2.18. The Balaban J connectivity index is 2.04. The Morgan fingerprint density at radius 2 is 1.68 bits per heavy atom. The smallest absolute Gasteiger partial charge is 0.126 e. The topological polar surface area (TPSA) is 25.8 Å². The zero-order valence-electron chi connectivity index (χ0n) is 13.6. The van der Waals surface area contributed by atoms with E-state index >= 15 is 0 Å². The molecule has 1 aliphatic carbocycles. The lowest BCUT2D eigenvalue weighted by atomic mass is 9.87. The maximum atomic E-state index is 4.77. The SMILES string of the molecule is Cc1nc2c(c(C(C)(C)C)n1)Cc1c-2ccc2ccccc12. The van der Waals surface area contributed by atoms with Crippen LogP contribution in [0.15, 0.2) is 36.4 Å². The minimum Gasteiger partial charge on any atom is -0.237 e. The van der Waals surface area contributed by atoms with Gasteiger partial charge < -0.3 is 0 Å². The van der Waals surface area contributed by atoms with E-state index in [1.54, 1.807) is 0 Å². The summed E-state index contributed by atoms with van der Waals surface area (Å²) in [6.45, 7) is 8.69. The van der Waals surface area contributed by atoms with Gasteiger partial charge in [0.1, 0.15) is 5.82 Å². The predicted molar refractivity (Wildman–Crippen MR) is 91.2 cm³/mol. The molecule has 110 valence electrons. The van der Waals surface area contributed by atoms with Crippen molar-refractivity contribution in [2.75, 3.05) is 0 Å². The van der Waals surface area contributed by atoms with Gasteiger partial charge in [-0.15, -0.1) is 0 Å². The average Bonchev–Trinajstić information content (AvgIpc) is 2.84. The molecule has 1 heterocycles. The van der Waals surface area contributed by atoms with Gasteiger partial charge in [-0.1, -0.05) is 57.2 Å². The Labute approximate surface area is 131 Å². The van der Waals surface area contributed by atoms with Crippen molar-refractivity contribution in [3.8, 4) is 11.3 Å². The van der Waals surface area contributed by atoms with Gasteiger partial charge in [-0.3, -0.25) is 0 Å². The van der Waals surface area contributed by atoms with Crippen LogP contribution in [0.25, 0.3) is 22.0 Å². The number of hydrogen-bond acceptors (Lipinski definition) is 2.